The van der Waals surface area contributed by atoms with Crippen molar-refractivity contribution in [3.63, 3.8) is 0 Å². The van der Waals surface area contributed by atoms with Gasteiger partial charge in [0.25, 0.3) is 5.91 Å². The Balaban J connectivity index is 1.70. The Labute approximate surface area is 223 Å². The van der Waals surface area contributed by atoms with E-state index in [2.05, 4.69) is 15.6 Å². The van der Waals surface area contributed by atoms with Crippen molar-refractivity contribution >= 4 is 40.9 Å². The average Bonchev–Trinajstić information content (AvgIpc) is 3.05. The number of nitrogens with zero attached hydrogens (tertiary/aromatic N) is 1. The van der Waals surface area contributed by atoms with Crippen LogP contribution in [-0.2, 0) is 35.2 Å². The molecule has 38 heavy (non-hydrogen) atoms. The van der Waals surface area contributed by atoms with Crippen LogP contribution < -0.4 is 15.4 Å². The number of benzene rings is 2. The number of fused-ring (bicyclic) bond motifs is 2. The highest BCUT2D eigenvalue weighted by molar-refractivity contribution is 6.31. The van der Waals surface area contributed by atoms with Crippen LogP contribution in [0.3, 0.4) is 0 Å². The molecule has 0 spiro atoms. The maximum Gasteiger partial charge on any atom is 0.303 e. The zero-order valence-corrected chi connectivity index (χ0v) is 21.2. The number of pyridine rings is 1. The zero-order chi connectivity index (χ0) is 27.2. The smallest absolute Gasteiger partial charge is 0.303 e. The molecule has 2 aromatic carbocycles. The monoisotopic (exact) mass is 537 g/mol. The van der Waals surface area contributed by atoms with E-state index < -0.39 is 41.9 Å². The largest absolute Gasteiger partial charge is 0.455 e. The van der Waals surface area contributed by atoms with Crippen LogP contribution in [0.2, 0.25) is 5.02 Å². The summed E-state index contributed by atoms with van der Waals surface area (Å²) in [6.45, 7) is 2.24. The molecule has 3 aromatic rings. The number of anilines is 1. The van der Waals surface area contributed by atoms with Crippen molar-refractivity contribution in [3.05, 3.63) is 83.1 Å². The maximum absolute atomic E-state index is 14.0. The highest BCUT2D eigenvalue weighted by Gasteiger charge is 2.44. The first-order valence-electron chi connectivity index (χ1n) is 11.6. The van der Waals surface area contributed by atoms with Gasteiger partial charge in [0.1, 0.15) is 11.8 Å². The number of rotatable bonds is 8. The van der Waals surface area contributed by atoms with Crippen LogP contribution in [0.15, 0.2) is 67.0 Å². The number of amides is 1. The second-order valence-electron chi connectivity index (χ2n) is 8.39. The van der Waals surface area contributed by atoms with Gasteiger partial charge in [0.2, 0.25) is 18.0 Å². The molecule has 0 radical (unpaired) electrons. The number of Topliss-reactive ketones (excluding diaryl/α,β-unsaturated/α-hetero) is 1. The molecule has 0 saturated carbocycles. The maximum atomic E-state index is 14.0. The molecule has 1 amide bonds. The number of ketones is 1. The fourth-order valence-electron chi connectivity index (χ4n) is 3.93. The summed E-state index contributed by atoms with van der Waals surface area (Å²) in [4.78, 5) is 55.2. The van der Waals surface area contributed by atoms with Gasteiger partial charge in [0.15, 0.2) is 5.75 Å². The van der Waals surface area contributed by atoms with Gasteiger partial charge in [-0.25, -0.2) is 0 Å². The van der Waals surface area contributed by atoms with Gasteiger partial charge in [-0.15, -0.1) is 0 Å². The molecule has 196 valence electrons. The third kappa shape index (κ3) is 6.27. The molecule has 1 aliphatic rings. The molecule has 3 atom stereocenters. The van der Waals surface area contributed by atoms with Gasteiger partial charge in [-0.3, -0.25) is 24.2 Å². The molecule has 11 heteroatoms. The number of carbonyl (C=O) groups excluding carboxylic acids is 4. The first kappa shape index (κ1) is 26.6. The summed E-state index contributed by atoms with van der Waals surface area (Å²) in [5.74, 6) is -2.47. The van der Waals surface area contributed by atoms with Gasteiger partial charge in [-0.1, -0.05) is 29.8 Å². The van der Waals surface area contributed by atoms with Gasteiger partial charge in [0.05, 0.1) is 5.69 Å². The Bertz CT molecular complexity index is 1370. The molecule has 1 aliphatic heterocycles. The third-order valence-electron chi connectivity index (χ3n) is 5.59. The van der Waals surface area contributed by atoms with Crippen molar-refractivity contribution in [2.45, 2.75) is 38.6 Å². The van der Waals surface area contributed by atoms with Gasteiger partial charge >= 0.3 is 11.9 Å². The van der Waals surface area contributed by atoms with Crippen molar-refractivity contribution in [1.29, 1.82) is 0 Å². The van der Waals surface area contributed by atoms with Crippen LogP contribution in [0, 0.1) is 0 Å². The van der Waals surface area contributed by atoms with Crippen molar-refractivity contribution in [2.75, 3.05) is 5.32 Å². The summed E-state index contributed by atoms with van der Waals surface area (Å²) < 4.78 is 16.6. The normalized spacial score (nSPS) is 15.2. The molecule has 10 nitrogen and oxygen atoms in total. The summed E-state index contributed by atoms with van der Waals surface area (Å²) in [7, 11) is 0. The van der Waals surface area contributed by atoms with E-state index in [9.17, 15) is 19.2 Å². The van der Waals surface area contributed by atoms with E-state index in [1.165, 1.54) is 0 Å². The Hall–Kier alpha value is -4.44. The first-order valence-corrected chi connectivity index (χ1v) is 12.0. The van der Waals surface area contributed by atoms with Crippen LogP contribution in [0.25, 0.3) is 0 Å². The second kappa shape index (κ2) is 11.7. The number of hydrogen-bond acceptors (Lipinski definition) is 9. The first-order chi connectivity index (χ1) is 18.2. The highest BCUT2D eigenvalue weighted by Crippen LogP contribution is 2.42. The molecule has 1 unspecified atom stereocenters. The minimum Gasteiger partial charge on any atom is -0.455 e. The predicted octanol–water partition coefficient (Wildman–Crippen LogP) is 3.74. The fourth-order valence-corrected chi connectivity index (χ4v) is 4.10. The molecule has 1 aromatic heterocycles. The summed E-state index contributed by atoms with van der Waals surface area (Å²) in [5, 5.41) is 6.10. The van der Waals surface area contributed by atoms with Crippen LogP contribution in [0.1, 0.15) is 31.0 Å². The number of esters is 2. The van der Waals surface area contributed by atoms with Crippen molar-refractivity contribution in [3.8, 4) is 11.5 Å². The summed E-state index contributed by atoms with van der Waals surface area (Å²) in [6.07, 6.45) is -0.433. The zero-order valence-electron chi connectivity index (χ0n) is 20.5. The standard InChI is InChI=1S/C27H24ClN3O7/c1-15(32)36-25(26(37-16(2)33)27(35)30-14-17-9-11-29-12-10-17)24(34)23-19-5-3-4-6-21(19)38-22-8-7-18(28)13-20(22)31-23/h3-13,23,25-26,31H,14H2,1-2H3,(H,30,35)/t23?,25-,26+/m1/s1. The van der Waals surface area contributed by atoms with Gasteiger partial charge in [0, 0.05) is 43.4 Å². The number of ether oxygens (including phenoxy) is 3. The van der Waals surface area contributed by atoms with E-state index in [0.29, 0.717) is 27.8 Å². The average molecular weight is 538 g/mol. The van der Waals surface area contributed by atoms with Crippen LogP contribution >= 0.6 is 11.6 Å². The lowest BCUT2D eigenvalue weighted by molar-refractivity contribution is -0.174. The van der Waals surface area contributed by atoms with E-state index in [0.717, 1.165) is 19.4 Å². The SMILES string of the molecule is CC(=O)O[C@H](C(=O)NCc1ccncc1)[C@H](OC(C)=O)C(=O)C1Nc2cc(Cl)ccc2Oc2ccccc21. The number of para-hydroxylation sites is 1. The fraction of sp³-hybridized carbons (Fsp3) is 0.222. The topological polar surface area (TPSA) is 133 Å². The molecule has 2 heterocycles. The van der Waals surface area contributed by atoms with Crippen LogP contribution in [0.5, 0.6) is 11.5 Å². The Morgan fingerprint density at radius 1 is 0.974 bits per heavy atom. The number of hydrogen-bond donors (Lipinski definition) is 2. The van der Waals surface area contributed by atoms with E-state index in [4.69, 9.17) is 25.8 Å². The lowest BCUT2D eigenvalue weighted by atomic mass is 9.95. The van der Waals surface area contributed by atoms with Gasteiger partial charge < -0.3 is 24.8 Å². The van der Waals surface area contributed by atoms with Crippen LogP contribution in [0.4, 0.5) is 5.69 Å². The minimum atomic E-state index is -1.78. The molecule has 0 aliphatic carbocycles. The van der Waals surface area contributed by atoms with E-state index >= 15 is 0 Å². The number of nitrogens with one attached hydrogen (secondary N) is 2. The van der Waals surface area contributed by atoms with Gasteiger partial charge in [-0.05, 0) is 42.0 Å². The molecule has 0 fully saturated rings. The summed E-state index contributed by atoms with van der Waals surface area (Å²) in [5.41, 5.74) is 1.54. The summed E-state index contributed by atoms with van der Waals surface area (Å²) >= 11 is 6.17. The molecule has 2 N–H and O–H groups in total. The predicted molar refractivity (Wildman–Crippen MR) is 137 cm³/mol. The number of aromatic nitrogens is 1. The second-order valence-corrected chi connectivity index (χ2v) is 8.83. The molecule has 0 saturated heterocycles. The highest BCUT2D eigenvalue weighted by atomic mass is 35.5. The minimum absolute atomic E-state index is 0.0598. The van der Waals surface area contributed by atoms with Crippen LogP contribution in [-0.4, -0.2) is 40.8 Å². The van der Waals surface area contributed by atoms with E-state index in [1.54, 1.807) is 67.0 Å². The van der Waals surface area contributed by atoms with Gasteiger partial charge in [-0.2, -0.15) is 0 Å². The Morgan fingerprint density at radius 2 is 1.66 bits per heavy atom. The van der Waals surface area contributed by atoms with E-state index in [1.807, 2.05) is 0 Å². The molecule has 4 rings (SSSR count). The van der Waals surface area contributed by atoms with Crippen molar-refractivity contribution < 1.29 is 33.4 Å². The molecular formula is C27H24ClN3O7. The van der Waals surface area contributed by atoms with Crippen molar-refractivity contribution in [2.24, 2.45) is 0 Å². The lowest BCUT2D eigenvalue weighted by Crippen LogP contribution is -2.51. The van der Waals surface area contributed by atoms with E-state index in [-0.39, 0.29) is 6.54 Å². The quantitative estimate of drug-likeness (QED) is 0.412. The Morgan fingerprint density at radius 3 is 2.37 bits per heavy atom. The molecule has 0 bridgehead atoms. The number of halogens is 1. The summed E-state index contributed by atoms with van der Waals surface area (Å²) in [6, 6.07) is 13.9. The third-order valence-corrected chi connectivity index (χ3v) is 5.83. The number of carbonyl (C=O) groups is 4. The Kier molecular flexibility index (Phi) is 8.22. The molecular weight excluding hydrogens is 514 g/mol. The van der Waals surface area contributed by atoms with Crippen molar-refractivity contribution in [1.82, 2.24) is 10.3 Å². The lowest BCUT2D eigenvalue weighted by Gasteiger charge is -2.28.